The Hall–Kier alpha value is -2.11. The maximum absolute atomic E-state index is 11.4. The van der Waals surface area contributed by atoms with E-state index in [-0.39, 0.29) is 0 Å². The molecule has 0 unspecified atom stereocenters. The lowest BCUT2D eigenvalue weighted by Crippen LogP contribution is -2.50. The van der Waals surface area contributed by atoms with Crippen LogP contribution in [-0.4, -0.2) is 10.7 Å². The first-order valence-electron chi connectivity index (χ1n) is 7.47. The lowest BCUT2D eigenvalue weighted by Gasteiger charge is -2.38. The number of hydrogen-bond donors (Lipinski definition) is 1. The summed E-state index contributed by atoms with van der Waals surface area (Å²) in [5.41, 5.74) is 2.84. The Balaban J connectivity index is 1.85. The first-order chi connectivity index (χ1) is 10.2. The normalized spacial score (nSPS) is 25.1. The van der Waals surface area contributed by atoms with Gasteiger partial charge in [0, 0.05) is 12.8 Å². The maximum atomic E-state index is 11.4. The number of nitrogens with zero attached hydrogens (tertiary/aromatic N) is 1. The van der Waals surface area contributed by atoms with E-state index in [9.17, 15) is 10.4 Å². The number of rotatable bonds is 1. The second-order valence-electron chi connectivity index (χ2n) is 6.33. The van der Waals surface area contributed by atoms with Crippen molar-refractivity contribution in [1.82, 2.24) is 0 Å². The minimum absolute atomic E-state index is 0.574. The summed E-state index contributed by atoms with van der Waals surface area (Å²) in [4.78, 5) is 0. The van der Waals surface area contributed by atoms with Crippen molar-refractivity contribution in [3.05, 3.63) is 70.8 Å². The van der Waals surface area contributed by atoms with Gasteiger partial charge in [-0.15, -0.1) is 0 Å². The third-order valence-corrected chi connectivity index (χ3v) is 5.32. The van der Waals surface area contributed by atoms with Crippen LogP contribution in [-0.2, 0) is 24.7 Å². The maximum Gasteiger partial charge on any atom is 0.112 e. The fourth-order valence-corrected chi connectivity index (χ4v) is 4.21. The Morgan fingerprint density at radius 2 is 1.48 bits per heavy atom. The Bertz CT molecular complexity index is 733. The van der Waals surface area contributed by atoms with Crippen molar-refractivity contribution in [2.45, 2.75) is 36.7 Å². The summed E-state index contributed by atoms with van der Waals surface area (Å²) in [6, 6.07) is 18.7. The molecule has 4 rings (SSSR count). The van der Waals surface area contributed by atoms with Crippen molar-refractivity contribution >= 4 is 0 Å². The molecular formula is C19H17NO. The zero-order valence-electron chi connectivity index (χ0n) is 11.8. The Labute approximate surface area is 124 Å². The predicted octanol–water partition coefficient (Wildman–Crippen LogP) is 2.92. The van der Waals surface area contributed by atoms with E-state index in [1.54, 1.807) is 0 Å². The van der Waals surface area contributed by atoms with Crippen LogP contribution in [0.5, 0.6) is 0 Å². The molecule has 0 saturated heterocycles. The molecule has 2 aliphatic carbocycles. The van der Waals surface area contributed by atoms with Crippen LogP contribution in [0.2, 0.25) is 0 Å². The Morgan fingerprint density at radius 1 is 0.905 bits per heavy atom. The van der Waals surface area contributed by atoms with Crippen LogP contribution in [0.15, 0.2) is 48.5 Å². The first-order valence-corrected chi connectivity index (χ1v) is 7.47. The molecule has 0 aliphatic heterocycles. The highest BCUT2D eigenvalue weighted by atomic mass is 16.3. The van der Waals surface area contributed by atoms with Gasteiger partial charge in [0.2, 0.25) is 0 Å². The van der Waals surface area contributed by atoms with Crippen LogP contribution in [0.3, 0.4) is 0 Å². The van der Waals surface area contributed by atoms with E-state index in [1.807, 2.05) is 30.3 Å². The standard InChI is InChI=1S/C19H17NO/c20-13-18(10-9-14-5-3-4-8-17(14)18)19(21)11-15-6-1-2-7-16(15)12-19/h1-8,21H,9-12H2/t18-/m1/s1. The van der Waals surface area contributed by atoms with E-state index >= 15 is 0 Å². The summed E-state index contributed by atoms with van der Waals surface area (Å²) < 4.78 is 0. The van der Waals surface area contributed by atoms with Gasteiger partial charge in [0.05, 0.1) is 11.7 Å². The highest BCUT2D eigenvalue weighted by molar-refractivity contribution is 5.51. The summed E-state index contributed by atoms with van der Waals surface area (Å²) in [5, 5.41) is 21.3. The van der Waals surface area contributed by atoms with Gasteiger partial charge in [-0.1, -0.05) is 48.5 Å². The zero-order valence-corrected chi connectivity index (χ0v) is 11.8. The number of hydrogen-bond acceptors (Lipinski definition) is 2. The molecule has 2 aliphatic rings. The lowest BCUT2D eigenvalue weighted by atomic mass is 9.67. The second kappa shape index (κ2) is 4.19. The quantitative estimate of drug-likeness (QED) is 0.869. The molecule has 0 fully saturated rings. The van der Waals surface area contributed by atoms with Crippen molar-refractivity contribution < 1.29 is 5.11 Å². The summed E-state index contributed by atoms with van der Waals surface area (Å²) in [5.74, 6) is 0. The van der Waals surface area contributed by atoms with Crippen molar-refractivity contribution in [3.8, 4) is 6.07 Å². The van der Waals surface area contributed by atoms with Gasteiger partial charge >= 0.3 is 0 Å². The number of aryl methyl sites for hydroxylation is 1. The molecule has 1 N–H and O–H groups in total. The van der Waals surface area contributed by atoms with Crippen LogP contribution in [0, 0.1) is 11.3 Å². The molecule has 104 valence electrons. The highest BCUT2D eigenvalue weighted by Crippen LogP contribution is 2.51. The highest BCUT2D eigenvalue weighted by Gasteiger charge is 2.57. The minimum Gasteiger partial charge on any atom is -0.387 e. The third kappa shape index (κ3) is 1.56. The molecule has 1 atom stereocenters. The summed E-state index contributed by atoms with van der Waals surface area (Å²) in [6.45, 7) is 0. The summed E-state index contributed by atoms with van der Waals surface area (Å²) in [7, 11) is 0. The molecule has 0 bridgehead atoms. The smallest absolute Gasteiger partial charge is 0.112 e. The molecule has 2 nitrogen and oxygen atoms in total. The van der Waals surface area contributed by atoms with Crippen LogP contribution in [0.1, 0.15) is 28.7 Å². The molecule has 0 radical (unpaired) electrons. The van der Waals surface area contributed by atoms with Gasteiger partial charge in [0.1, 0.15) is 5.41 Å². The lowest BCUT2D eigenvalue weighted by molar-refractivity contribution is -0.00719. The molecule has 0 amide bonds. The topological polar surface area (TPSA) is 44.0 Å². The van der Waals surface area contributed by atoms with Crippen molar-refractivity contribution in [3.63, 3.8) is 0 Å². The van der Waals surface area contributed by atoms with Crippen LogP contribution < -0.4 is 0 Å². The monoisotopic (exact) mass is 275 g/mol. The summed E-state index contributed by atoms with van der Waals surface area (Å²) >= 11 is 0. The Kier molecular flexibility index (Phi) is 2.52. The SMILES string of the molecule is N#C[C@]1(C2(O)Cc3ccccc3C2)CCc2ccccc21. The van der Waals surface area contributed by atoms with E-state index in [1.165, 1.54) is 16.7 Å². The number of nitriles is 1. The van der Waals surface area contributed by atoms with Crippen molar-refractivity contribution in [2.24, 2.45) is 0 Å². The number of benzene rings is 2. The second-order valence-corrected chi connectivity index (χ2v) is 6.33. The van der Waals surface area contributed by atoms with E-state index in [0.29, 0.717) is 19.3 Å². The molecular weight excluding hydrogens is 258 g/mol. The fourth-order valence-electron chi connectivity index (χ4n) is 4.21. The molecule has 0 aromatic heterocycles. The van der Waals surface area contributed by atoms with E-state index in [4.69, 9.17) is 0 Å². The van der Waals surface area contributed by atoms with Crippen molar-refractivity contribution in [2.75, 3.05) is 0 Å². The van der Waals surface area contributed by atoms with Gasteiger partial charge in [-0.25, -0.2) is 0 Å². The van der Waals surface area contributed by atoms with Gasteiger partial charge in [-0.3, -0.25) is 0 Å². The van der Waals surface area contributed by atoms with Crippen LogP contribution in [0.25, 0.3) is 0 Å². The molecule has 0 spiro atoms. The zero-order chi connectivity index (χ0) is 14.5. The van der Waals surface area contributed by atoms with E-state index in [0.717, 1.165) is 12.0 Å². The number of fused-ring (bicyclic) bond motifs is 2. The van der Waals surface area contributed by atoms with Crippen molar-refractivity contribution in [1.29, 1.82) is 5.26 Å². The van der Waals surface area contributed by atoms with E-state index < -0.39 is 11.0 Å². The third-order valence-electron chi connectivity index (χ3n) is 5.32. The van der Waals surface area contributed by atoms with Gasteiger partial charge in [-0.2, -0.15) is 5.26 Å². The van der Waals surface area contributed by atoms with E-state index in [2.05, 4.69) is 24.3 Å². The van der Waals surface area contributed by atoms with Gasteiger partial charge in [-0.05, 0) is 35.1 Å². The Morgan fingerprint density at radius 3 is 2.10 bits per heavy atom. The fraction of sp³-hybridized carbons (Fsp3) is 0.316. The molecule has 2 heteroatoms. The largest absolute Gasteiger partial charge is 0.387 e. The summed E-state index contributed by atoms with van der Waals surface area (Å²) in [6.07, 6.45) is 2.74. The average Bonchev–Trinajstić information content (AvgIpc) is 3.05. The molecule has 21 heavy (non-hydrogen) atoms. The average molecular weight is 275 g/mol. The minimum atomic E-state index is -0.988. The van der Waals surface area contributed by atoms with Crippen LogP contribution >= 0.6 is 0 Å². The van der Waals surface area contributed by atoms with Gasteiger partial charge in [0.25, 0.3) is 0 Å². The van der Waals surface area contributed by atoms with Crippen LogP contribution in [0.4, 0.5) is 0 Å². The molecule has 0 heterocycles. The molecule has 2 aromatic rings. The van der Waals surface area contributed by atoms with Gasteiger partial charge in [0.15, 0.2) is 0 Å². The predicted molar refractivity (Wildman–Crippen MR) is 80.9 cm³/mol. The van der Waals surface area contributed by atoms with Gasteiger partial charge < -0.3 is 5.11 Å². The first kappa shape index (κ1) is 12.6. The molecule has 0 saturated carbocycles. The number of aliphatic hydroxyl groups is 1. The molecule has 2 aromatic carbocycles.